The topological polar surface area (TPSA) is 65.1 Å². The van der Waals surface area contributed by atoms with Crippen molar-refractivity contribution in [1.82, 2.24) is 15.0 Å². The standard InChI is InChI=1S/C13H24N4O/c1-3-6-17-7-5-15-13(17)9-12(16-14)11-4-8-18-10(11)2/h5,7,10-12,16H,3-4,6,8-9,14H2,1-2H3. The van der Waals surface area contributed by atoms with Crippen molar-refractivity contribution >= 4 is 0 Å². The van der Waals surface area contributed by atoms with Crippen LogP contribution in [0, 0.1) is 5.92 Å². The molecule has 0 spiro atoms. The van der Waals surface area contributed by atoms with Crippen LogP contribution in [0.4, 0.5) is 0 Å². The number of rotatable bonds is 6. The van der Waals surface area contributed by atoms with Crippen molar-refractivity contribution in [3.05, 3.63) is 18.2 Å². The van der Waals surface area contributed by atoms with E-state index in [1.54, 1.807) is 0 Å². The summed E-state index contributed by atoms with van der Waals surface area (Å²) in [5.74, 6) is 7.30. The van der Waals surface area contributed by atoms with Gasteiger partial charge in [0.25, 0.3) is 0 Å². The molecule has 3 atom stereocenters. The molecule has 102 valence electrons. The summed E-state index contributed by atoms with van der Waals surface area (Å²) >= 11 is 0. The second kappa shape index (κ2) is 6.31. The molecule has 0 radical (unpaired) electrons. The van der Waals surface area contributed by atoms with Crippen molar-refractivity contribution in [1.29, 1.82) is 0 Å². The predicted octanol–water partition coefficient (Wildman–Crippen LogP) is 1.09. The SMILES string of the molecule is CCCn1ccnc1CC(NN)C1CCOC1C. The first-order valence-corrected chi connectivity index (χ1v) is 6.84. The fourth-order valence-corrected chi connectivity index (χ4v) is 2.78. The van der Waals surface area contributed by atoms with Gasteiger partial charge in [-0.3, -0.25) is 11.3 Å². The lowest BCUT2D eigenvalue weighted by Gasteiger charge is -2.25. The highest BCUT2D eigenvalue weighted by Crippen LogP contribution is 2.25. The average Bonchev–Trinajstić information content (AvgIpc) is 2.96. The van der Waals surface area contributed by atoms with Crippen molar-refractivity contribution in [3.63, 3.8) is 0 Å². The van der Waals surface area contributed by atoms with Crippen LogP contribution < -0.4 is 11.3 Å². The zero-order valence-electron chi connectivity index (χ0n) is 11.3. The fraction of sp³-hybridized carbons (Fsp3) is 0.769. The minimum absolute atomic E-state index is 0.237. The van der Waals surface area contributed by atoms with E-state index in [-0.39, 0.29) is 12.1 Å². The predicted molar refractivity (Wildman–Crippen MR) is 70.9 cm³/mol. The van der Waals surface area contributed by atoms with Gasteiger partial charge in [-0.15, -0.1) is 0 Å². The molecule has 1 fully saturated rings. The molecule has 0 saturated carbocycles. The van der Waals surface area contributed by atoms with Gasteiger partial charge in [-0.2, -0.15) is 0 Å². The Morgan fingerprint density at radius 3 is 3.11 bits per heavy atom. The number of nitrogens with two attached hydrogens (primary N) is 1. The van der Waals surface area contributed by atoms with E-state index in [9.17, 15) is 0 Å². The first-order chi connectivity index (χ1) is 8.76. The molecule has 3 unspecified atom stereocenters. The Morgan fingerprint density at radius 2 is 2.50 bits per heavy atom. The summed E-state index contributed by atoms with van der Waals surface area (Å²) < 4.78 is 7.84. The summed E-state index contributed by atoms with van der Waals surface area (Å²) in [4.78, 5) is 4.45. The van der Waals surface area contributed by atoms with Crippen LogP contribution in [0.3, 0.4) is 0 Å². The lowest BCUT2D eigenvalue weighted by atomic mass is 9.91. The van der Waals surface area contributed by atoms with Crippen LogP contribution in [0.2, 0.25) is 0 Å². The third-order valence-electron chi connectivity index (χ3n) is 3.83. The Balaban J connectivity index is 2.03. The van der Waals surface area contributed by atoms with Crippen LogP contribution in [0.15, 0.2) is 12.4 Å². The molecular formula is C13H24N4O. The van der Waals surface area contributed by atoms with Crippen molar-refractivity contribution < 1.29 is 4.74 Å². The first-order valence-electron chi connectivity index (χ1n) is 6.84. The van der Waals surface area contributed by atoms with Gasteiger partial charge < -0.3 is 9.30 Å². The minimum Gasteiger partial charge on any atom is -0.378 e. The number of nitrogens with zero attached hydrogens (tertiary/aromatic N) is 2. The second-order valence-corrected chi connectivity index (χ2v) is 5.04. The third-order valence-corrected chi connectivity index (χ3v) is 3.83. The number of aryl methyl sites for hydroxylation is 1. The summed E-state index contributed by atoms with van der Waals surface area (Å²) in [6.45, 7) is 6.16. The van der Waals surface area contributed by atoms with Gasteiger partial charge in [0.05, 0.1) is 6.10 Å². The number of imidazole rings is 1. The van der Waals surface area contributed by atoms with Gasteiger partial charge in [0, 0.05) is 43.9 Å². The number of nitrogens with one attached hydrogen (secondary N) is 1. The van der Waals surface area contributed by atoms with E-state index < -0.39 is 0 Å². The first kappa shape index (κ1) is 13.5. The molecule has 2 heterocycles. The lowest BCUT2D eigenvalue weighted by molar-refractivity contribution is 0.0950. The van der Waals surface area contributed by atoms with Gasteiger partial charge in [-0.05, 0) is 19.8 Å². The molecule has 0 amide bonds. The largest absolute Gasteiger partial charge is 0.378 e. The number of hydrazine groups is 1. The van der Waals surface area contributed by atoms with E-state index in [0.717, 1.165) is 38.2 Å². The highest BCUT2D eigenvalue weighted by molar-refractivity contribution is 4.98. The molecular weight excluding hydrogens is 228 g/mol. The van der Waals surface area contributed by atoms with Crippen LogP contribution >= 0.6 is 0 Å². The quantitative estimate of drug-likeness (QED) is 0.587. The molecule has 18 heavy (non-hydrogen) atoms. The molecule has 2 rings (SSSR count). The molecule has 0 bridgehead atoms. The summed E-state index contributed by atoms with van der Waals surface area (Å²) in [5.41, 5.74) is 2.95. The van der Waals surface area contributed by atoms with Gasteiger partial charge in [-0.25, -0.2) is 4.98 Å². The fourth-order valence-electron chi connectivity index (χ4n) is 2.78. The lowest BCUT2D eigenvalue weighted by Crippen LogP contribution is -2.45. The smallest absolute Gasteiger partial charge is 0.110 e. The Kier molecular flexibility index (Phi) is 4.74. The van der Waals surface area contributed by atoms with E-state index in [4.69, 9.17) is 10.6 Å². The van der Waals surface area contributed by atoms with Crippen LogP contribution in [0.1, 0.15) is 32.5 Å². The van der Waals surface area contributed by atoms with Gasteiger partial charge in [0.1, 0.15) is 5.82 Å². The molecule has 1 aromatic rings. The van der Waals surface area contributed by atoms with E-state index in [1.807, 2.05) is 12.4 Å². The monoisotopic (exact) mass is 252 g/mol. The normalized spacial score (nSPS) is 25.5. The Labute approximate surface area is 109 Å². The molecule has 1 aromatic heterocycles. The summed E-state index contributed by atoms with van der Waals surface area (Å²) in [5, 5.41) is 0. The highest BCUT2D eigenvalue weighted by atomic mass is 16.5. The van der Waals surface area contributed by atoms with E-state index in [1.165, 1.54) is 0 Å². The zero-order valence-corrected chi connectivity index (χ0v) is 11.3. The van der Waals surface area contributed by atoms with Crippen molar-refractivity contribution in [2.45, 2.75) is 51.8 Å². The molecule has 5 nitrogen and oxygen atoms in total. The maximum absolute atomic E-state index is 5.71. The van der Waals surface area contributed by atoms with Crippen LogP contribution in [0.25, 0.3) is 0 Å². The Morgan fingerprint density at radius 1 is 1.67 bits per heavy atom. The van der Waals surface area contributed by atoms with Crippen molar-refractivity contribution in [2.75, 3.05) is 6.61 Å². The maximum atomic E-state index is 5.71. The Hall–Kier alpha value is -0.910. The number of ether oxygens (including phenoxy) is 1. The van der Waals surface area contributed by atoms with Crippen LogP contribution in [-0.2, 0) is 17.7 Å². The van der Waals surface area contributed by atoms with E-state index >= 15 is 0 Å². The zero-order chi connectivity index (χ0) is 13.0. The molecule has 1 aliphatic rings. The van der Waals surface area contributed by atoms with Crippen LogP contribution in [0.5, 0.6) is 0 Å². The molecule has 0 aromatic carbocycles. The van der Waals surface area contributed by atoms with Gasteiger partial charge >= 0.3 is 0 Å². The van der Waals surface area contributed by atoms with Crippen molar-refractivity contribution in [3.8, 4) is 0 Å². The Bertz CT molecular complexity index is 366. The average molecular weight is 252 g/mol. The molecule has 5 heteroatoms. The summed E-state index contributed by atoms with van der Waals surface area (Å²) in [6.07, 6.45) is 7.24. The van der Waals surface area contributed by atoms with Crippen LogP contribution in [-0.4, -0.2) is 28.3 Å². The maximum Gasteiger partial charge on any atom is 0.110 e. The summed E-state index contributed by atoms with van der Waals surface area (Å²) in [7, 11) is 0. The van der Waals surface area contributed by atoms with E-state index in [0.29, 0.717) is 5.92 Å². The minimum atomic E-state index is 0.237. The molecule has 0 aliphatic carbocycles. The summed E-state index contributed by atoms with van der Waals surface area (Å²) in [6, 6.07) is 0.237. The highest BCUT2D eigenvalue weighted by Gasteiger charge is 2.32. The molecule has 3 N–H and O–H groups in total. The third kappa shape index (κ3) is 2.91. The van der Waals surface area contributed by atoms with Gasteiger partial charge in [-0.1, -0.05) is 6.92 Å². The number of hydrogen-bond donors (Lipinski definition) is 2. The van der Waals surface area contributed by atoms with Gasteiger partial charge in [0.2, 0.25) is 0 Å². The molecule has 1 saturated heterocycles. The number of hydrogen-bond acceptors (Lipinski definition) is 4. The van der Waals surface area contributed by atoms with Gasteiger partial charge in [0.15, 0.2) is 0 Å². The molecule has 1 aliphatic heterocycles. The number of aromatic nitrogens is 2. The van der Waals surface area contributed by atoms with E-state index in [2.05, 4.69) is 28.8 Å². The second-order valence-electron chi connectivity index (χ2n) is 5.04. The van der Waals surface area contributed by atoms with Crippen molar-refractivity contribution in [2.24, 2.45) is 11.8 Å².